The zero-order chi connectivity index (χ0) is 16.7. The van der Waals surface area contributed by atoms with Gasteiger partial charge >= 0.3 is 0 Å². The molecule has 0 aliphatic carbocycles. The van der Waals surface area contributed by atoms with Crippen LogP contribution in [0.15, 0.2) is 6.20 Å². The molecule has 2 aromatic rings. The summed E-state index contributed by atoms with van der Waals surface area (Å²) >= 11 is 0. The van der Waals surface area contributed by atoms with E-state index in [2.05, 4.69) is 28.9 Å². The van der Waals surface area contributed by atoms with Gasteiger partial charge in [-0.3, -0.25) is 4.68 Å². The van der Waals surface area contributed by atoms with Crippen molar-refractivity contribution in [3.63, 3.8) is 0 Å². The maximum atomic E-state index is 4.93. The lowest BCUT2D eigenvalue weighted by molar-refractivity contribution is 0.142. The summed E-state index contributed by atoms with van der Waals surface area (Å²) in [6.45, 7) is 6.87. The number of anilines is 1. The fourth-order valence-electron chi connectivity index (χ4n) is 4.24. The van der Waals surface area contributed by atoms with E-state index in [0.717, 1.165) is 48.6 Å². The molecule has 0 radical (unpaired) electrons. The number of rotatable bonds is 3. The van der Waals surface area contributed by atoms with E-state index in [1.54, 1.807) is 0 Å². The summed E-state index contributed by atoms with van der Waals surface area (Å²) in [4.78, 5) is 14.6. The highest BCUT2D eigenvalue weighted by Crippen LogP contribution is 2.42. The van der Waals surface area contributed by atoms with Crippen molar-refractivity contribution in [1.29, 1.82) is 0 Å². The summed E-state index contributed by atoms with van der Waals surface area (Å²) in [6.07, 6.45) is 7.83. The van der Waals surface area contributed by atoms with Crippen LogP contribution in [-0.2, 0) is 13.5 Å². The molecule has 4 heterocycles. The first-order chi connectivity index (χ1) is 11.6. The molecule has 2 aliphatic rings. The van der Waals surface area contributed by atoms with Crippen molar-refractivity contribution in [3.8, 4) is 0 Å². The summed E-state index contributed by atoms with van der Waals surface area (Å²) in [7, 11) is 4.21. The molecule has 2 fully saturated rings. The Kier molecular flexibility index (Phi) is 3.95. The van der Waals surface area contributed by atoms with Crippen LogP contribution in [0.4, 0.5) is 5.82 Å². The summed E-state index contributed by atoms with van der Waals surface area (Å²) in [5.74, 6) is 2.06. The van der Waals surface area contributed by atoms with Crippen LogP contribution < -0.4 is 4.90 Å². The lowest BCUT2D eigenvalue weighted by atomic mass is 9.78. The molecule has 0 bridgehead atoms. The Labute approximate surface area is 143 Å². The normalized spacial score (nSPS) is 21.2. The predicted molar refractivity (Wildman–Crippen MR) is 96.3 cm³/mol. The van der Waals surface area contributed by atoms with Gasteiger partial charge in [0.2, 0.25) is 0 Å². The zero-order valence-electron chi connectivity index (χ0n) is 15.1. The van der Waals surface area contributed by atoms with Crippen molar-refractivity contribution >= 4 is 16.9 Å². The van der Waals surface area contributed by atoms with Gasteiger partial charge in [-0.15, -0.1) is 0 Å². The van der Waals surface area contributed by atoms with Gasteiger partial charge in [0.1, 0.15) is 11.6 Å². The first-order valence-electron chi connectivity index (χ1n) is 9.22. The molecule has 6 heteroatoms. The lowest BCUT2D eigenvalue weighted by Crippen LogP contribution is -2.39. The summed E-state index contributed by atoms with van der Waals surface area (Å²) in [6, 6.07) is 0. The van der Waals surface area contributed by atoms with Crippen LogP contribution in [-0.4, -0.2) is 57.9 Å². The van der Waals surface area contributed by atoms with Gasteiger partial charge in [-0.2, -0.15) is 5.10 Å². The van der Waals surface area contributed by atoms with Gasteiger partial charge in [-0.1, -0.05) is 6.92 Å². The Morgan fingerprint density at radius 1 is 1.08 bits per heavy atom. The molecule has 0 atom stereocenters. The number of aryl methyl sites for hydroxylation is 2. The van der Waals surface area contributed by atoms with Crippen LogP contribution in [0.25, 0.3) is 11.0 Å². The molecule has 2 saturated heterocycles. The molecule has 0 unspecified atom stereocenters. The minimum atomic E-state index is 0.483. The summed E-state index contributed by atoms with van der Waals surface area (Å²) < 4.78 is 1.88. The average molecular weight is 328 g/mol. The van der Waals surface area contributed by atoms with E-state index in [1.807, 2.05) is 17.9 Å². The lowest BCUT2D eigenvalue weighted by Gasteiger charge is -2.37. The molecule has 24 heavy (non-hydrogen) atoms. The van der Waals surface area contributed by atoms with Crippen molar-refractivity contribution in [2.24, 2.45) is 12.5 Å². The maximum Gasteiger partial charge on any atom is 0.163 e. The third-order valence-electron chi connectivity index (χ3n) is 5.88. The van der Waals surface area contributed by atoms with E-state index in [0.29, 0.717) is 5.41 Å². The van der Waals surface area contributed by atoms with Crippen molar-refractivity contribution in [2.45, 2.75) is 39.0 Å². The SMILES string of the molecule is CCCc1nc(N2CCC3(CCN(C)CC3)C2)c2cnn(C)c2n1. The highest BCUT2D eigenvalue weighted by atomic mass is 15.3. The number of hydrogen-bond acceptors (Lipinski definition) is 5. The molecule has 2 aromatic heterocycles. The van der Waals surface area contributed by atoms with Crippen LogP contribution in [0.1, 0.15) is 38.4 Å². The Balaban J connectivity index is 1.66. The molecule has 130 valence electrons. The topological polar surface area (TPSA) is 50.1 Å². The Hall–Kier alpha value is -1.69. The number of aromatic nitrogens is 4. The largest absolute Gasteiger partial charge is 0.355 e. The van der Waals surface area contributed by atoms with Gasteiger partial charge in [0.25, 0.3) is 0 Å². The smallest absolute Gasteiger partial charge is 0.163 e. The van der Waals surface area contributed by atoms with Gasteiger partial charge < -0.3 is 9.80 Å². The Morgan fingerprint density at radius 3 is 2.58 bits per heavy atom. The molecule has 0 aromatic carbocycles. The molecule has 0 N–H and O–H groups in total. The van der Waals surface area contributed by atoms with Crippen LogP contribution in [0, 0.1) is 5.41 Å². The minimum absolute atomic E-state index is 0.483. The third kappa shape index (κ3) is 2.66. The van der Waals surface area contributed by atoms with E-state index in [9.17, 15) is 0 Å². The summed E-state index contributed by atoms with van der Waals surface area (Å²) in [5, 5.41) is 5.52. The first kappa shape index (κ1) is 15.8. The van der Waals surface area contributed by atoms with Crippen molar-refractivity contribution in [2.75, 3.05) is 38.1 Å². The molecule has 0 saturated carbocycles. The zero-order valence-corrected chi connectivity index (χ0v) is 15.1. The van der Waals surface area contributed by atoms with Crippen LogP contribution in [0.2, 0.25) is 0 Å². The standard InChI is InChI=1S/C18H28N6/c1-4-5-15-20-16-14(12-19-23(16)3)17(21-15)24-11-8-18(13-24)6-9-22(2)10-7-18/h12H,4-11,13H2,1-3H3. The highest BCUT2D eigenvalue weighted by Gasteiger charge is 2.41. The van der Waals surface area contributed by atoms with Crippen molar-refractivity contribution in [3.05, 3.63) is 12.0 Å². The van der Waals surface area contributed by atoms with Gasteiger partial charge in [-0.25, -0.2) is 9.97 Å². The third-order valence-corrected chi connectivity index (χ3v) is 5.88. The second kappa shape index (κ2) is 5.99. The minimum Gasteiger partial charge on any atom is -0.355 e. The van der Waals surface area contributed by atoms with Crippen molar-refractivity contribution in [1.82, 2.24) is 24.6 Å². The fourth-order valence-corrected chi connectivity index (χ4v) is 4.24. The Bertz CT molecular complexity index is 728. The fraction of sp³-hybridized carbons (Fsp3) is 0.722. The van der Waals surface area contributed by atoms with E-state index >= 15 is 0 Å². The Morgan fingerprint density at radius 2 is 1.83 bits per heavy atom. The quantitative estimate of drug-likeness (QED) is 0.865. The maximum absolute atomic E-state index is 4.93. The van der Waals surface area contributed by atoms with E-state index in [-0.39, 0.29) is 0 Å². The molecular formula is C18H28N6. The van der Waals surface area contributed by atoms with Gasteiger partial charge in [0.15, 0.2) is 5.65 Å². The number of nitrogens with zero attached hydrogens (tertiary/aromatic N) is 6. The average Bonchev–Trinajstić information content (AvgIpc) is 3.16. The van der Waals surface area contributed by atoms with E-state index in [1.165, 1.54) is 32.4 Å². The second-order valence-corrected chi connectivity index (χ2v) is 7.69. The molecular weight excluding hydrogens is 300 g/mol. The molecule has 4 rings (SSSR count). The summed E-state index contributed by atoms with van der Waals surface area (Å²) in [5.41, 5.74) is 1.45. The number of fused-ring (bicyclic) bond motifs is 1. The van der Waals surface area contributed by atoms with Crippen LogP contribution in [0.5, 0.6) is 0 Å². The van der Waals surface area contributed by atoms with E-state index < -0.39 is 0 Å². The van der Waals surface area contributed by atoms with Gasteiger partial charge in [-0.05, 0) is 51.2 Å². The molecule has 0 amide bonds. The second-order valence-electron chi connectivity index (χ2n) is 7.69. The number of piperidine rings is 1. The molecule has 1 spiro atoms. The number of likely N-dealkylation sites (tertiary alicyclic amines) is 1. The molecule has 6 nitrogen and oxygen atoms in total. The van der Waals surface area contributed by atoms with Gasteiger partial charge in [0, 0.05) is 26.6 Å². The van der Waals surface area contributed by atoms with Crippen LogP contribution in [0.3, 0.4) is 0 Å². The monoisotopic (exact) mass is 328 g/mol. The van der Waals surface area contributed by atoms with Crippen LogP contribution >= 0.6 is 0 Å². The first-order valence-corrected chi connectivity index (χ1v) is 9.22. The predicted octanol–water partition coefficient (Wildman–Crippen LogP) is 2.24. The highest BCUT2D eigenvalue weighted by molar-refractivity contribution is 5.87. The van der Waals surface area contributed by atoms with Crippen molar-refractivity contribution < 1.29 is 0 Å². The van der Waals surface area contributed by atoms with Gasteiger partial charge in [0.05, 0.1) is 11.6 Å². The molecule has 2 aliphatic heterocycles. The van der Waals surface area contributed by atoms with E-state index in [4.69, 9.17) is 9.97 Å². The number of hydrogen-bond donors (Lipinski definition) is 0.